The molecule has 0 aliphatic rings. The molecule has 1 heteroatoms. The van der Waals surface area contributed by atoms with Crippen LogP contribution in [0.4, 0.5) is 0 Å². The molecule has 0 N–H and O–H groups in total. The maximum absolute atomic E-state index is 2.17. The van der Waals surface area contributed by atoms with Crippen molar-refractivity contribution in [2.24, 2.45) is 5.92 Å². The largest absolute Gasteiger partial charge is 1.00 e. The standard InChI is InChI=1S/C5H11.Cu/c1-4-5(2)3;/h4-5H,1-3H3;/q-1;+1. The Morgan fingerprint density at radius 2 is 1.50 bits per heavy atom. The Bertz CT molecular complexity index is 17.9. The number of hydrogen-bond donors (Lipinski definition) is 0. The Hall–Kier alpha value is 0.519. The molecule has 0 aromatic carbocycles. The molecular weight excluding hydrogens is 124 g/mol. The van der Waals surface area contributed by atoms with E-state index in [0.29, 0.717) is 0 Å². The normalized spacial score (nSPS) is 8.00. The minimum atomic E-state index is 0. The zero-order chi connectivity index (χ0) is 4.28. The molecule has 0 unspecified atom stereocenters. The first-order valence-electron chi connectivity index (χ1n) is 2.07. The van der Waals surface area contributed by atoms with E-state index in [2.05, 4.69) is 27.2 Å². The molecule has 0 fully saturated rings. The molecule has 6 heavy (non-hydrogen) atoms. The van der Waals surface area contributed by atoms with Gasteiger partial charge in [0.15, 0.2) is 0 Å². The molecule has 0 aliphatic heterocycles. The molecule has 0 amide bonds. The molecule has 0 saturated carbocycles. The van der Waals surface area contributed by atoms with Crippen molar-refractivity contribution in [3.63, 3.8) is 0 Å². The van der Waals surface area contributed by atoms with Gasteiger partial charge < -0.3 is 6.42 Å². The van der Waals surface area contributed by atoms with Crippen molar-refractivity contribution >= 4 is 0 Å². The monoisotopic (exact) mass is 134 g/mol. The quantitative estimate of drug-likeness (QED) is 0.380. The SMILES string of the molecule is C[CH-]C(C)C.[Cu+]. The summed E-state index contributed by atoms with van der Waals surface area (Å²) in [6.07, 6.45) is 2.17. The molecule has 0 heterocycles. The molecule has 0 saturated heterocycles. The van der Waals surface area contributed by atoms with E-state index in [1.54, 1.807) is 0 Å². The van der Waals surface area contributed by atoms with E-state index in [9.17, 15) is 0 Å². The number of hydrogen-bond acceptors (Lipinski definition) is 0. The van der Waals surface area contributed by atoms with Gasteiger partial charge >= 0.3 is 17.1 Å². The van der Waals surface area contributed by atoms with Crippen LogP contribution in [-0.4, -0.2) is 0 Å². The average molecular weight is 135 g/mol. The maximum Gasteiger partial charge on any atom is 1.00 e. The Kier molecular flexibility index (Phi) is 8.94. The van der Waals surface area contributed by atoms with Gasteiger partial charge in [0.25, 0.3) is 0 Å². The predicted molar refractivity (Wildman–Crippen MR) is 24.8 cm³/mol. The predicted octanol–water partition coefficient (Wildman–Crippen LogP) is 1.86. The fourth-order valence-electron chi connectivity index (χ4n) is 0. The van der Waals surface area contributed by atoms with E-state index in [1.165, 1.54) is 0 Å². The molecular formula is C5H11Cu. The second-order valence-electron chi connectivity index (χ2n) is 1.58. The van der Waals surface area contributed by atoms with E-state index < -0.39 is 0 Å². The van der Waals surface area contributed by atoms with Crippen molar-refractivity contribution in [1.29, 1.82) is 0 Å². The van der Waals surface area contributed by atoms with Gasteiger partial charge in [-0.2, -0.15) is 12.8 Å². The second kappa shape index (κ2) is 5.52. The Morgan fingerprint density at radius 1 is 1.33 bits per heavy atom. The third-order valence-corrected chi connectivity index (χ3v) is 0.667. The minimum absolute atomic E-state index is 0. The smallest absolute Gasteiger partial charge is 0.329 e. The van der Waals surface area contributed by atoms with Crippen LogP contribution in [0.3, 0.4) is 0 Å². The van der Waals surface area contributed by atoms with E-state index in [0.717, 1.165) is 5.92 Å². The van der Waals surface area contributed by atoms with Crippen LogP contribution in [0, 0.1) is 12.3 Å². The third kappa shape index (κ3) is 8.82. The van der Waals surface area contributed by atoms with Crippen molar-refractivity contribution in [2.75, 3.05) is 0 Å². The van der Waals surface area contributed by atoms with Crippen LogP contribution in [0.2, 0.25) is 0 Å². The molecule has 0 rings (SSSR count). The van der Waals surface area contributed by atoms with E-state index in [-0.39, 0.29) is 17.1 Å². The van der Waals surface area contributed by atoms with Crippen molar-refractivity contribution in [2.45, 2.75) is 20.8 Å². The average Bonchev–Trinajstić information content (AvgIpc) is 1.38. The van der Waals surface area contributed by atoms with Crippen LogP contribution in [0.25, 0.3) is 0 Å². The van der Waals surface area contributed by atoms with Crippen LogP contribution in [0.5, 0.6) is 0 Å². The van der Waals surface area contributed by atoms with Gasteiger partial charge in [-0.05, 0) is 0 Å². The van der Waals surface area contributed by atoms with Gasteiger partial charge in [-0.15, -0.1) is 0 Å². The number of rotatable bonds is 1. The fraction of sp³-hybridized carbons (Fsp3) is 0.800. The van der Waals surface area contributed by atoms with Crippen LogP contribution in [0.1, 0.15) is 20.8 Å². The molecule has 0 bridgehead atoms. The van der Waals surface area contributed by atoms with Gasteiger partial charge in [0.2, 0.25) is 0 Å². The third-order valence-electron chi connectivity index (χ3n) is 0.667. The summed E-state index contributed by atoms with van der Waals surface area (Å²) in [5, 5.41) is 0. The molecule has 0 aromatic heterocycles. The van der Waals surface area contributed by atoms with Gasteiger partial charge in [0.1, 0.15) is 0 Å². The van der Waals surface area contributed by atoms with E-state index >= 15 is 0 Å². The molecule has 0 atom stereocenters. The summed E-state index contributed by atoms with van der Waals surface area (Å²) < 4.78 is 0. The van der Waals surface area contributed by atoms with Crippen LogP contribution in [-0.2, 0) is 17.1 Å². The van der Waals surface area contributed by atoms with Gasteiger partial charge in [-0.1, -0.05) is 13.8 Å². The summed E-state index contributed by atoms with van der Waals surface area (Å²) in [6.45, 7) is 6.41. The maximum atomic E-state index is 2.17. The summed E-state index contributed by atoms with van der Waals surface area (Å²) in [5.41, 5.74) is 0. The van der Waals surface area contributed by atoms with Crippen molar-refractivity contribution in [3.8, 4) is 0 Å². The molecule has 0 spiro atoms. The zero-order valence-electron chi connectivity index (χ0n) is 4.46. The zero-order valence-corrected chi connectivity index (χ0v) is 5.40. The second-order valence-corrected chi connectivity index (χ2v) is 1.58. The van der Waals surface area contributed by atoms with Crippen LogP contribution >= 0.6 is 0 Å². The Balaban J connectivity index is 0. The summed E-state index contributed by atoms with van der Waals surface area (Å²) >= 11 is 0. The van der Waals surface area contributed by atoms with Crippen LogP contribution in [0.15, 0.2) is 0 Å². The summed E-state index contributed by atoms with van der Waals surface area (Å²) in [4.78, 5) is 0. The Morgan fingerprint density at radius 3 is 1.50 bits per heavy atom. The van der Waals surface area contributed by atoms with Crippen LogP contribution < -0.4 is 0 Å². The summed E-state index contributed by atoms with van der Waals surface area (Å²) in [7, 11) is 0. The summed E-state index contributed by atoms with van der Waals surface area (Å²) in [6, 6.07) is 0. The molecule has 0 radical (unpaired) electrons. The molecule has 42 valence electrons. The van der Waals surface area contributed by atoms with Crippen molar-refractivity contribution < 1.29 is 17.1 Å². The first kappa shape index (κ1) is 9.72. The first-order chi connectivity index (χ1) is 2.27. The molecule has 0 aromatic rings. The van der Waals surface area contributed by atoms with Gasteiger partial charge in [-0.25, -0.2) is 0 Å². The van der Waals surface area contributed by atoms with Gasteiger partial charge in [0, 0.05) is 0 Å². The van der Waals surface area contributed by atoms with Gasteiger partial charge in [-0.3, -0.25) is 0 Å². The van der Waals surface area contributed by atoms with Crippen molar-refractivity contribution in [1.82, 2.24) is 0 Å². The van der Waals surface area contributed by atoms with Crippen molar-refractivity contribution in [3.05, 3.63) is 6.42 Å². The minimum Gasteiger partial charge on any atom is -0.329 e. The van der Waals surface area contributed by atoms with E-state index in [1.807, 2.05) is 0 Å². The molecule has 0 nitrogen and oxygen atoms in total. The fourth-order valence-corrected chi connectivity index (χ4v) is 0. The summed E-state index contributed by atoms with van der Waals surface area (Å²) in [5.74, 6) is 0.759. The first-order valence-corrected chi connectivity index (χ1v) is 2.07. The molecule has 0 aliphatic carbocycles. The Labute approximate surface area is 50.8 Å². The topological polar surface area (TPSA) is 0 Å². The van der Waals surface area contributed by atoms with E-state index in [4.69, 9.17) is 0 Å². The van der Waals surface area contributed by atoms with Gasteiger partial charge in [0.05, 0.1) is 0 Å².